The first-order valence-electron chi connectivity index (χ1n) is 4.17. The zero-order chi connectivity index (χ0) is 9.73. The number of hydrogen-bond acceptors (Lipinski definition) is 2. The Morgan fingerprint density at radius 3 is 2.54 bits per heavy atom. The van der Waals surface area contributed by atoms with Crippen molar-refractivity contribution in [3.05, 3.63) is 35.9 Å². The van der Waals surface area contributed by atoms with E-state index in [1.165, 1.54) is 0 Å². The average Bonchev–Trinajstić information content (AvgIpc) is 2.19. The van der Waals surface area contributed by atoms with Crippen LogP contribution < -0.4 is 0 Å². The van der Waals surface area contributed by atoms with Gasteiger partial charge in [-0.3, -0.25) is 0 Å². The first-order valence-corrected chi connectivity index (χ1v) is 20.0. The van der Waals surface area contributed by atoms with Gasteiger partial charge in [-0.05, 0) is 0 Å². The first kappa shape index (κ1) is 11.6. The summed E-state index contributed by atoms with van der Waals surface area (Å²) in [5.74, 6) is 0. The summed E-state index contributed by atoms with van der Waals surface area (Å²) in [4.78, 5) is 4.59. The van der Waals surface area contributed by atoms with E-state index in [0.29, 0.717) is 0 Å². The van der Waals surface area contributed by atoms with Gasteiger partial charge in [-0.2, -0.15) is 0 Å². The molecule has 0 radical (unpaired) electrons. The van der Waals surface area contributed by atoms with Crippen LogP contribution in [-0.2, 0) is 32.6 Å². The van der Waals surface area contributed by atoms with E-state index in [4.69, 9.17) is 5.26 Å². The van der Waals surface area contributed by atoms with Crippen LogP contribution in [0.4, 0.5) is 0 Å². The van der Waals surface area contributed by atoms with Crippen LogP contribution in [-0.4, -0.2) is 5.26 Å². The van der Waals surface area contributed by atoms with Crippen molar-refractivity contribution in [1.82, 2.24) is 0 Å². The van der Waals surface area contributed by atoms with E-state index in [2.05, 4.69) is 16.8 Å². The van der Waals surface area contributed by atoms with Gasteiger partial charge in [0.2, 0.25) is 0 Å². The molecular weight excluding hydrogens is 421 g/mol. The monoisotopic (exact) mass is 432 g/mol. The van der Waals surface area contributed by atoms with Gasteiger partial charge >= 0.3 is 96.5 Å². The summed E-state index contributed by atoms with van der Waals surface area (Å²) in [5, 5.41) is 8.88. The molecule has 0 bridgehead atoms. The Morgan fingerprint density at radius 1 is 1.46 bits per heavy atom. The molecule has 1 unspecified atom stereocenters. The minimum absolute atomic E-state index is 0.508. The van der Waals surface area contributed by atoms with Gasteiger partial charge in [-0.1, -0.05) is 0 Å². The van der Waals surface area contributed by atoms with Crippen molar-refractivity contribution in [2.75, 3.05) is 0 Å². The van der Waals surface area contributed by atoms with Crippen LogP contribution in [0.1, 0.15) is 12.5 Å². The zero-order valence-electron chi connectivity index (χ0n) is 7.53. The Bertz CT molecular complexity index is 255. The fourth-order valence-corrected chi connectivity index (χ4v) is 10.7. The Labute approximate surface area is 95.9 Å². The Hall–Kier alpha value is 0.555. The molecule has 0 aliphatic carbocycles. The summed E-state index contributed by atoms with van der Waals surface area (Å²) < 4.78 is 0.952. The van der Waals surface area contributed by atoms with Gasteiger partial charge < -0.3 is 0 Å². The van der Waals surface area contributed by atoms with Crippen molar-refractivity contribution in [2.24, 2.45) is 0 Å². The van der Waals surface area contributed by atoms with Crippen LogP contribution in [0, 0.1) is 0 Å². The van der Waals surface area contributed by atoms with Gasteiger partial charge in [-0.15, -0.1) is 0 Å². The van der Waals surface area contributed by atoms with Gasteiger partial charge in [0, 0.05) is 0 Å². The van der Waals surface area contributed by atoms with Crippen LogP contribution in [0.15, 0.2) is 30.3 Å². The molecule has 1 aromatic carbocycles. The number of halogens is 1. The molecule has 0 heterocycles. The molecule has 0 spiro atoms. The Balaban J connectivity index is 2.89. The third kappa shape index (κ3) is 3.01. The fourth-order valence-electron chi connectivity index (χ4n) is 1.21. The van der Waals surface area contributed by atoms with Crippen molar-refractivity contribution >= 4 is 11.9 Å². The molecule has 1 rings (SSSR count). The number of hydrogen-bond donors (Lipinski definition) is 1. The molecule has 0 aliphatic rings. The van der Waals surface area contributed by atoms with E-state index in [9.17, 15) is 0 Å². The van der Waals surface area contributed by atoms with E-state index in [1.54, 1.807) is 0 Å². The second-order valence-electron chi connectivity index (χ2n) is 3.13. The summed E-state index contributed by atoms with van der Waals surface area (Å²) in [6.45, 7) is 1.92. The molecule has 1 atom stereocenters. The van der Waals surface area contributed by atoms with Gasteiger partial charge in [0.05, 0.1) is 0 Å². The fraction of sp³-hybridized carbons (Fsp3) is 0.333. The van der Waals surface area contributed by atoms with Crippen LogP contribution in [0.2, 0.25) is 3.93 Å². The summed E-state index contributed by atoms with van der Waals surface area (Å²) in [6, 6.07) is 9.83. The van der Waals surface area contributed by atoms with E-state index in [1.807, 2.05) is 37.3 Å². The SMILES string of the molecule is CC([CH2][Hg][Br])(OO)c1ccccc1. The van der Waals surface area contributed by atoms with Crippen LogP contribution in [0.25, 0.3) is 0 Å². The topological polar surface area (TPSA) is 29.5 Å². The normalized spacial score (nSPS) is 14.7. The van der Waals surface area contributed by atoms with Crippen molar-refractivity contribution in [1.29, 1.82) is 0 Å². The molecule has 4 heteroatoms. The quantitative estimate of drug-likeness (QED) is 0.451. The second-order valence-corrected chi connectivity index (χ2v) is 13.5. The molecule has 0 amide bonds. The summed E-state index contributed by atoms with van der Waals surface area (Å²) in [5.41, 5.74) is 0.531. The van der Waals surface area contributed by atoms with Crippen molar-refractivity contribution in [3.63, 3.8) is 0 Å². The molecule has 0 aromatic heterocycles. The molecule has 2 nitrogen and oxygen atoms in total. The third-order valence-electron chi connectivity index (χ3n) is 2.16. The molecule has 0 saturated heterocycles. The van der Waals surface area contributed by atoms with Crippen molar-refractivity contribution in [3.8, 4) is 0 Å². The predicted molar refractivity (Wildman–Crippen MR) is 51.2 cm³/mol. The van der Waals surface area contributed by atoms with Crippen LogP contribution in [0.3, 0.4) is 0 Å². The van der Waals surface area contributed by atoms with Gasteiger partial charge in [0.1, 0.15) is 0 Å². The Kier molecular flexibility index (Phi) is 4.87. The molecule has 1 N–H and O–H groups in total. The summed E-state index contributed by atoms with van der Waals surface area (Å²) in [6.07, 6.45) is 0. The van der Waals surface area contributed by atoms with Gasteiger partial charge in [-0.25, -0.2) is 0 Å². The summed E-state index contributed by atoms with van der Waals surface area (Å²) >= 11 is 2.57. The maximum atomic E-state index is 8.88. The molecule has 0 saturated carbocycles. The maximum absolute atomic E-state index is 8.88. The van der Waals surface area contributed by atoms with Crippen molar-refractivity contribution in [2.45, 2.75) is 16.5 Å². The number of benzene rings is 1. The number of rotatable bonds is 4. The van der Waals surface area contributed by atoms with Crippen LogP contribution >= 0.6 is 11.9 Å². The van der Waals surface area contributed by atoms with E-state index < -0.39 is 27.7 Å². The third-order valence-corrected chi connectivity index (χ3v) is 10.1. The minimum atomic E-state index is -0.982. The van der Waals surface area contributed by atoms with E-state index >= 15 is 0 Å². The average molecular weight is 432 g/mol. The van der Waals surface area contributed by atoms with E-state index in [-0.39, 0.29) is 0 Å². The molecular formula is C9H11BrHgO2. The molecule has 0 fully saturated rings. The zero-order valence-corrected chi connectivity index (χ0v) is 14.6. The van der Waals surface area contributed by atoms with Gasteiger partial charge in [0.15, 0.2) is 0 Å². The van der Waals surface area contributed by atoms with Crippen LogP contribution in [0.5, 0.6) is 0 Å². The van der Waals surface area contributed by atoms with Gasteiger partial charge in [0.25, 0.3) is 0 Å². The first-order chi connectivity index (χ1) is 6.23. The molecule has 13 heavy (non-hydrogen) atoms. The predicted octanol–water partition coefficient (Wildman–Crippen LogP) is 3.20. The second kappa shape index (κ2) is 5.44. The molecule has 68 valence electrons. The van der Waals surface area contributed by atoms with E-state index in [0.717, 1.165) is 9.49 Å². The van der Waals surface area contributed by atoms with Crippen molar-refractivity contribution < 1.29 is 32.3 Å². The molecule has 1 aromatic rings. The summed E-state index contributed by atoms with van der Waals surface area (Å²) in [7, 11) is 0. The standard InChI is InChI=1S/C9H11O2.BrH.Hg/c1-9(2,11-10)8-6-4-3-5-7-8;;/h3-7,10H,1H2,2H3;1H;/q;;+1/p-1. The Morgan fingerprint density at radius 2 is 2.08 bits per heavy atom. The molecule has 0 aliphatic heterocycles.